The molecule has 2 N–H and O–H groups in total. The van der Waals surface area contributed by atoms with Gasteiger partial charge >= 0.3 is 0 Å². The van der Waals surface area contributed by atoms with E-state index in [0.29, 0.717) is 6.42 Å². The van der Waals surface area contributed by atoms with Gasteiger partial charge < -0.3 is 10.2 Å². The van der Waals surface area contributed by atoms with Gasteiger partial charge in [-0.05, 0) is 6.42 Å². The van der Waals surface area contributed by atoms with Gasteiger partial charge in [0.2, 0.25) is 0 Å². The van der Waals surface area contributed by atoms with Crippen LogP contribution in [-0.4, -0.2) is 22.4 Å². The average Bonchev–Trinajstić information content (AvgIpc) is 2.03. The Morgan fingerprint density at radius 3 is 2.45 bits per heavy atom. The lowest BCUT2D eigenvalue weighted by Crippen LogP contribution is -2.23. The van der Waals surface area contributed by atoms with Gasteiger partial charge in [-0.3, -0.25) is 0 Å². The van der Waals surface area contributed by atoms with Crippen LogP contribution < -0.4 is 0 Å². The maximum absolute atomic E-state index is 9.22. The van der Waals surface area contributed by atoms with Crippen molar-refractivity contribution in [2.45, 2.75) is 44.8 Å². The van der Waals surface area contributed by atoms with Gasteiger partial charge in [0, 0.05) is 0 Å². The highest BCUT2D eigenvalue weighted by Gasteiger charge is 2.10. The highest BCUT2D eigenvalue weighted by atomic mass is 16.3. The highest BCUT2D eigenvalue weighted by molar-refractivity contribution is 4.83. The molecule has 0 bridgehead atoms. The molecule has 0 fully saturated rings. The van der Waals surface area contributed by atoms with Crippen LogP contribution >= 0.6 is 0 Å². The van der Waals surface area contributed by atoms with Crippen molar-refractivity contribution in [2.75, 3.05) is 0 Å². The summed E-state index contributed by atoms with van der Waals surface area (Å²) in [7, 11) is 0. The Kier molecular flexibility index (Phi) is 6.18. The first kappa shape index (κ1) is 10.7. The molecule has 0 aliphatic carbocycles. The summed E-state index contributed by atoms with van der Waals surface area (Å²) < 4.78 is 0. The molecule has 0 heterocycles. The summed E-state index contributed by atoms with van der Waals surface area (Å²) in [4.78, 5) is 0. The Morgan fingerprint density at radius 2 is 2.00 bits per heavy atom. The molecule has 0 amide bonds. The molecule has 0 aromatic carbocycles. The van der Waals surface area contributed by atoms with E-state index in [0.717, 1.165) is 19.3 Å². The lowest BCUT2D eigenvalue weighted by Gasteiger charge is -2.13. The van der Waals surface area contributed by atoms with E-state index in [-0.39, 0.29) is 0 Å². The van der Waals surface area contributed by atoms with E-state index in [1.807, 2.05) is 0 Å². The standard InChI is InChI=1S/C9H18O2/c1-3-5-6-7-9(11)8(10)4-2/h4,8-11H,2-3,5-7H2,1H3/t8-,9-/m0/s1. The van der Waals surface area contributed by atoms with E-state index in [9.17, 15) is 5.11 Å². The summed E-state index contributed by atoms with van der Waals surface area (Å²) in [6, 6.07) is 0. The SMILES string of the molecule is C=C[C@H](O)[C@@H](O)CCCCC. The number of aliphatic hydroxyl groups excluding tert-OH is 2. The third kappa shape index (κ3) is 4.99. The summed E-state index contributed by atoms with van der Waals surface area (Å²) in [5.74, 6) is 0. The molecule has 2 nitrogen and oxygen atoms in total. The zero-order valence-corrected chi connectivity index (χ0v) is 7.16. The van der Waals surface area contributed by atoms with Crippen molar-refractivity contribution in [3.8, 4) is 0 Å². The van der Waals surface area contributed by atoms with Gasteiger partial charge in [0.15, 0.2) is 0 Å². The quantitative estimate of drug-likeness (QED) is 0.454. The van der Waals surface area contributed by atoms with E-state index < -0.39 is 12.2 Å². The van der Waals surface area contributed by atoms with E-state index in [2.05, 4.69) is 13.5 Å². The van der Waals surface area contributed by atoms with Crippen LogP contribution in [0, 0.1) is 0 Å². The minimum atomic E-state index is -0.758. The van der Waals surface area contributed by atoms with Gasteiger partial charge in [0.05, 0.1) is 12.2 Å². The third-order valence-corrected chi connectivity index (χ3v) is 1.74. The van der Waals surface area contributed by atoms with Crippen molar-refractivity contribution in [1.82, 2.24) is 0 Å². The van der Waals surface area contributed by atoms with Gasteiger partial charge in [-0.15, -0.1) is 6.58 Å². The Labute approximate surface area is 68.6 Å². The molecule has 0 aliphatic rings. The van der Waals surface area contributed by atoms with Crippen molar-refractivity contribution < 1.29 is 10.2 Å². The number of hydrogen-bond acceptors (Lipinski definition) is 2. The Balaban J connectivity index is 3.35. The van der Waals surface area contributed by atoms with Gasteiger partial charge in [-0.1, -0.05) is 32.3 Å². The van der Waals surface area contributed by atoms with Gasteiger partial charge in [-0.2, -0.15) is 0 Å². The highest BCUT2D eigenvalue weighted by Crippen LogP contribution is 2.06. The topological polar surface area (TPSA) is 40.5 Å². The molecule has 0 aliphatic heterocycles. The zero-order valence-electron chi connectivity index (χ0n) is 7.16. The summed E-state index contributed by atoms with van der Waals surface area (Å²) in [6.07, 6.45) is 3.88. The van der Waals surface area contributed by atoms with E-state index in [1.54, 1.807) is 0 Å². The molecular formula is C9H18O2. The molecule has 0 saturated carbocycles. The fraction of sp³-hybridized carbons (Fsp3) is 0.778. The Hall–Kier alpha value is -0.340. The van der Waals surface area contributed by atoms with Crippen LogP contribution in [0.3, 0.4) is 0 Å². The predicted molar refractivity (Wildman–Crippen MR) is 46.4 cm³/mol. The first-order valence-corrected chi connectivity index (χ1v) is 4.21. The molecule has 66 valence electrons. The zero-order chi connectivity index (χ0) is 8.69. The molecule has 0 radical (unpaired) electrons. The predicted octanol–water partition coefficient (Wildman–Crippen LogP) is 1.47. The largest absolute Gasteiger partial charge is 0.390 e. The van der Waals surface area contributed by atoms with Crippen LogP contribution in [0.1, 0.15) is 32.6 Å². The second kappa shape index (κ2) is 6.38. The smallest absolute Gasteiger partial charge is 0.0977 e. The molecule has 2 heteroatoms. The molecule has 0 spiro atoms. The number of hydrogen-bond donors (Lipinski definition) is 2. The minimum Gasteiger partial charge on any atom is -0.390 e. The van der Waals surface area contributed by atoms with Crippen molar-refractivity contribution in [3.63, 3.8) is 0 Å². The molecular weight excluding hydrogens is 140 g/mol. The maximum atomic E-state index is 9.22. The minimum absolute atomic E-state index is 0.626. The van der Waals surface area contributed by atoms with Crippen LogP contribution in [0.15, 0.2) is 12.7 Å². The fourth-order valence-corrected chi connectivity index (χ4v) is 0.931. The Bertz CT molecular complexity index is 102. The number of unbranched alkanes of at least 4 members (excludes halogenated alkanes) is 2. The van der Waals surface area contributed by atoms with Crippen LogP contribution in [0.4, 0.5) is 0 Å². The average molecular weight is 158 g/mol. The van der Waals surface area contributed by atoms with Crippen molar-refractivity contribution in [2.24, 2.45) is 0 Å². The Morgan fingerprint density at radius 1 is 1.36 bits per heavy atom. The second-order valence-electron chi connectivity index (χ2n) is 2.79. The molecule has 2 atom stereocenters. The van der Waals surface area contributed by atoms with Crippen LogP contribution in [-0.2, 0) is 0 Å². The first-order chi connectivity index (χ1) is 5.22. The van der Waals surface area contributed by atoms with Crippen LogP contribution in [0.5, 0.6) is 0 Å². The van der Waals surface area contributed by atoms with Gasteiger partial charge in [0.25, 0.3) is 0 Å². The first-order valence-electron chi connectivity index (χ1n) is 4.21. The summed E-state index contributed by atoms with van der Waals surface area (Å²) in [5.41, 5.74) is 0. The maximum Gasteiger partial charge on any atom is 0.0977 e. The summed E-state index contributed by atoms with van der Waals surface area (Å²) >= 11 is 0. The normalized spacial score (nSPS) is 15.9. The van der Waals surface area contributed by atoms with Crippen molar-refractivity contribution in [3.05, 3.63) is 12.7 Å². The van der Waals surface area contributed by atoms with E-state index in [1.165, 1.54) is 6.08 Å². The monoisotopic (exact) mass is 158 g/mol. The van der Waals surface area contributed by atoms with Gasteiger partial charge in [-0.25, -0.2) is 0 Å². The van der Waals surface area contributed by atoms with Gasteiger partial charge in [0.1, 0.15) is 0 Å². The fourth-order valence-electron chi connectivity index (χ4n) is 0.931. The number of rotatable bonds is 6. The van der Waals surface area contributed by atoms with E-state index >= 15 is 0 Å². The van der Waals surface area contributed by atoms with Crippen LogP contribution in [0.25, 0.3) is 0 Å². The third-order valence-electron chi connectivity index (χ3n) is 1.74. The molecule has 0 aromatic heterocycles. The molecule has 0 saturated heterocycles. The van der Waals surface area contributed by atoms with Crippen molar-refractivity contribution >= 4 is 0 Å². The second-order valence-corrected chi connectivity index (χ2v) is 2.79. The summed E-state index contributed by atoms with van der Waals surface area (Å²) in [5, 5.41) is 18.3. The number of aliphatic hydroxyl groups is 2. The molecule has 0 rings (SSSR count). The molecule has 0 aromatic rings. The van der Waals surface area contributed by atoms with Crippen LogP contribution in [0.2, 0.25) is 0 Å². The molecule has 0 unspecified atom stereocenters. The lowest BCUT2D eigenvalue weighted by atomic mass is 10.1. The lowest BCUT2D eigenvalue weighted by molar-refractivity contribution is 0.0417. The molecule has 11 heavy (non-hydrogen) atoms. The van der Waals surface area contributed by atoms with E-state index in [4.69, 9.17) is 5.11 Å². The van der Waals surface area contributed by atoms with Crippen molar-refractivity contribution in [1.29, 1.82) is 0 Å². The summed E-state index contributed by atoms with van der Waals surface area (Å²) in [6.45, 7) is 5.51.